The maximum atomic E-state index is 4.31. The molecule has 70 valence electrons. The van der Waals surface area contributed by atoms with Crippen molar-refractivity contribution in [2.24, 2.45) is 22.9 Å². The fraction of sp³-hybridized carbons (Fsp3) is 0.900. The molecule has 0 spiro atoms. The lowest BCUT2D eigenvalue weighted by Crippen LogP contribution is -2.36. The Bertz CT molecular complexity index is 182. The number of nitrogens with one attached hydrogen (secondary N) is 1. The SMILES string of the molecule is CC1=NNC(C(C)C)C1C(C)C. The molecule has 1 N–H and O–H groups in total. The van der Waals surface area contributed by atoms with Gasteiger partial charge in [0.05, 0.1) is 6.04 Å². The number of hydrogen-bond acceptors (Lipinski definition) is 2. The Balaban J connectivity index is 2.70. The number of hydrogen-bond donors (Lipinski definition) is 1. The van der Waals surface area contributed by atoms with E-state index < -0.39 is 0 Å². The van der Waals surface area contributed by atoms with Gasteiger partial charge in [-0.2, -0.15) is 5.10 Å². The Morgan fingerprint density at radius 2 is 1.75 bits per heavy atom. The smallest absolute Gasteiger partial charge is 0.0546 e. The van der Waals surface area contributed by atoms with Crippen molar-refractivity contribution in [3.05, 3.63) is 0 Å². The van der Waals surface area contributed by atoms with Crippen LogP contribution < -0.4 is 5.43 Å². The first-order chi connectivity index (χ1) is 5.54. The lowest BCUT2D eigenvalue weighted by Gasteiger charge is -2.25. The first-order valence-corrected chi connectivity index (χ1v) is 4.83. The second kappa shape index (κ2) is 3.46. The molecule has 12 heavy (non-hydrogen) atoms. The summed E-state index contributed by atoms with van der Waals surface area (Å²) in [6.07, 6.45) is 0. The molecular formula is C10H20N2. The van der Waals surface area contributed by atoms with Gasteiger partial charge < -0.3 is 5.43 Å². The van der Waals surface area contributed by atoms with E-state index in [0.717, 1.165) is 0 Å². The number of hydrazone groups is 1. The monoisotopic (exact) mass is 168 g/mol. The van der Waals surface area contributed by atoms with Crippen molar-refractivity contribution in [3.8, 4) is 0 Å². The Hall–Kier alpha value is -0.530. The van der Waals surface area contributed by atoms with Crippen LogP contribution in [0.4, 0.5) is 0 Å². The van der Waals surface area contributed by atoms with Crippen LogP contribution in [0, 0.1) is 17.8 Å². The molecule has 1 aliphatic rings. The van der Waals surface area contributed by atoms with Gasteiger partial charge in [0.2, 0.25) is 0 Å². The van der Waals surface area contributed by atoms with Crippen LogP contribution in [-0.2, 0) is 0 Å². The van der Waals surface area contributed by atoms with E-state index in [4.69, 9.17) is 0 Å². The van der Waals surface area contributed by atoms with Gasteiger partial charge >= 0.3 is 0 Å². The summed E-state index contributed by atoms with van der Waals surface area (Å²) >= 11 is 0. The zero-order valence-electron chi connectivity index (χ0n) is 8.76. The summed E-state index contributed by atoms with van der Waals surface area (Å²) in [6.45, 7) is 11.2. The standard InChI is InChI=1S/C10H20N2/c1-6(2)9-8(5)11-12-10(9)7(3)4/h6-7,9-10,12H,1-5H3. The maximum Gasteiger partial charge on any atom is 0.0546 e. The van der Waals surface area contributed by atoms with Crippen molar-refractivity contribution in [1.29, 1.82) is 0 Å². The molecular weight excluding hydrogens is 148 g/mol. The molecule has 0 aromatic rings. The summed E-state index contributed by atoms with van der Waals surface area (Å²) in [7, 11) is 0. The van der Waals surface area contributed by atoms with Crippen LogP contribution in [-0.4, -0.2) is 11.8 Å². The molecule has 2 unspecified atom stereocenters. The second-order valence-corrected chi connectivity index (χ2v) is 4.42. The van der Waals surface area contributed by atoms with Crippen LogP contribution >= 0.6 is 0 Å². The molecule has 0 aromatic heterocycles. The third-order valence-electron chi connectivity index (χ3n) is 2.70. The van der Waals surface area contributed by atoms with Gasteiger partial charge in [0.1, 0.15) is 0 Å². The molecule has 1 heterocycles. The minimum Gasteiger partial charge on any atom is -0.306 e. The van der Waals surface area contributed by atoms with Crippen LogP contribution in [0.15, 0.2) is 5.10 Å². The highest BCUT2D eigenvalue weighted by molar-refractivity contribution is 5.86. The summed E-state index contributed by atoms with van der Waals surface area (Å²) in [4.78, 5) is 0. The van der Waals surface area contributed by atoms with Gasteiger partial charge in [0.15, 0.2) is 0 Å². The first-order valence-electron chi connectivity index (χ1n) is 4.83. The third kappa shape index (κ3) is 1.62. The van der Waals surface area contributed by atoms with E-state index in [1.165, 1.54) is 5.71 Å². The van der Waals surface area contributed by atoms with Crippen molar-refractivity contribution < 1.29 is 0 Å². The molecule has 0 bridgehead atoms. The topological polar surface area (TPSA) is 24.4 Å². The minimum absolute atomic E-state index is 0.546. The van der Waals surface area contributed by atoms with Gasteiger partial charge in [-0.25, -0.2) is 0 Å². The molecule has 0 aromatic carbocycles. The van der Waals surface area contributed by atoms with Crippen molar-refractivity contribution >= 4 is 5.71 Å². The molecule has 2 heteroatoms. The predicted octanol–water partition coefficient (Wildman–Crippen LogP) is 2.26. The molecule has 0 saturated heterocycles. The van der Waals surface area contributed by atoms with Gasteiger partial charge in [-0.3, -0.25) is 0 Å². The van der Waals surface area contributed by atoms with E-state index in [9.17, 15) is 0 Å². The van der Waals surface area contributed by atoms with Gasteiger partial charge in [0, 0.05) is 11.6 Å². The average molecular weight is 168 g/mol. The van der Waals surface area contributed by atoms with Crippen molar-refractivity contribution in [3.63, 3.8) is 0 Å². The van der Waals surface area contributed by atoms with Crippen molar-refractivity contribution in [2.45, 2.75) is 40.7 Å². The van der Waals surface area contributed by atoms with Crippen LogP contribution in [0.3, 0.4) is 0 Å². The van der Waals surface area contributed by atoms with Gasteiger partial charge in [-0.1, -0.05) is 27.7 Å². The van der Waals surface area contributed by atoms with Gasteiger partial charge in [0.25, 0.3) is 0 Å². The summed E-state index contributed by atoms with van der Waals surface area (Å²) in [6, 6.07) is 0.546. The first kappa shape index (κ1) is 9.56. The Kier molecular flexibility index (Phi) is 2.76. The molecule has 0 amide bonds. The zero-order chi connectivity index (χ0) is 9.30. The molecule has 1 rings (SSSR count). The zero-order valence-corrected chi connectivity index (χ0v) is 8.76. The highest BCUT2D eigenvalue weighted by atomic mass is 15.3. The highest BCUT2D eigenvalue weighted by Gasteiger charge is 2.33. The lowest BCUT2D eigenvalue weighted by atomic mass is 9.81. The Morgan fingerprint density at radius 1 is 1.17 bits per heavy atom. The predicted molar refractivity (Wildman–Crippen MR) is 53.2 cm³/mol. The van der Waals surface area contributed by atoms with Gasteiger partial charge in [-0.05, 0) is 18.8 Å². The van der Waals surface area contributed by atoms with Gasteiger partial charge in [-0.15, -0.1) is 0 Å². The fourth-order valence-electron chi connectivity index (χ4n) is 2.05. The molecule has 0 radical (unpaired) electrons. The lowest BCUT2D eigenvalue weighted by molar-refractivity contribution is 0.315. The average Bonchev–Trinajstić information content (AvgIpc) is 2.30. The summed E-state index contributed by atoms with van der Waals surface area (Å²) in [5, 5.41) is 4.31. The summed E-state index contributed by atoms with van der Waals surface area (Å²) in [5.74, 6) is 1.99. The molecule has 2 nitrogen and oxygen atoms in total. The van der Waals surface area contributed by atoms with E-state index in [0.29, 0.717) is 23.8 Å². The Morgan fingerprint density at radius 3 is 2.08 bits per heavy atom. The summed E-state index contributed by atoms with van der Waals surface area (Å²) in [5.41, 5.74) is 4.49. The van der Waals surface area contributed by atoms with E-state index in [-0.39, 0.29) is 0 Å². The second-order valence-electron chi connectivity index (χ2n) is 4.42. The number of nitrogens with zero attached hydrogens (tertiary/aromatic N) is 1. The van der Waals surface area contributed by atoms with Crippen LogP contribution in [0.1, 0.15) is 34.6 Å². The molecule has 1 aliphatic heterocycles. The fourth-order valence-corrected chi connectivity index (χ4v) is 2.05. The van der Waals surface area contributed by atoms with E-state index in [2.05, 4.69) is 45.1 Å². The Labute approximate surface area is 75.4 Å². The molecule has 2 atom stereocenters. The van der Waals surface area contributed by atoms with E-state index >= 15 is 0 Å². The van der Waals surface area contributed by atoms with Crippen molar-refractivity contribution in [1.82, 2.24) is 5.43 Å². The quantitative estimate of drug-likeness (QED) is 0.672. The highest BCUT2D eigenvalue weighted by Crippen LogP contribution is 2.26. The van der Waals surface area contributed by atoms with E-state index in [1.54, 1.807) is 0 Å². The largest absolute Gasteiger partial charge is 0.306 e. The summed E-state index contributed by atoms with van der Waals surface area (Å²) < 4.78 is 0. The molecule has 0 saturated carbocycles. The van der Waals surface area contributed by atoms with Crippen LogP contribution in [0.25, 0.3) is 0 Å². The van der Waals surface area contributed by atoms with E-state index in [1.807, 2.05) is 0 Å². The van der Waals surface area contributed by atoms with Crippen LogP contribution in [0.2, 0.25) is 0 Å². The van der Waals surface area contributed by atoms with Crippen LogP contribution in [0.5, 0.6) is 0 Å². The molecule has 0 aliphatic carbocycles. The third-order valence-corrected chi connectivity index (χ3v) is 2.70. The normalized spacial score (nSPS) is 29.4. The maximum absolute atomic E-state index is 4.31. The number of rotatable bonds is 2. The minimum atomic E-state index is 0.546. The molecule has 0 fully saturated rings. The van der Waals surface area contributed by atoms with Crippen molar-refractivity contribution in [2.75, 3.05) is 0 Å².